The molecular weight excluding hydrogens is 381 g/mol. The average Bonchev–Trinajstić information content (AvgIpc) is 2.69. The van der Waals surface area contributed by atoms with Crippen LogP contribution in [0, 0.1) is 5.82 Å². The number of carbonyl (C=O) groups excluding carboxylic acids is 3. The van der Waals surface area contributed by atoms with Crippen LogP contribution < -0.4 is 10.1 Å². The average molecular weight is 403 g/mol. The molecule has 0 saturated carbocycles. The van der Waals surface area contributed by atoms with E-state index in [1.807, 2.05) is 6.92 Å². The van der Waals surface area contributed by atoms with Crippen molar-refractivity contribution in [3.05, 3.63) is 58.9 Å². The molecule has 1 N–H and O–H groups in total. The van der Waals surface area contributed by atoms with Gasteiger partial charge in [0.05, 0.1) is 24.8 Å². The minimum absolute atomic E-state index is 0.217. The molecule has 0 aromatic heterocycles. The van der Waals surface area contributed by atoms with Gasteiger partial charge in [0.25, 0.3) is 0 Å². The number of anilines is 1. The minimum atomic E-state index is -0.819. The van der Waals surface area contributed by atoms with Crippen LogP contribution in [0.4, 0.5) is 10.1 Å². The first-order chi connectivity index (χ1) is 13.8. The van der Waals surface area contributed by atoms with Gasteiger partial charge in [-0.25, -0.2) is 9.18 Å². The maximum Gasteiger partial charge on any atom is 0.338 e. The third kappa shape index (κ3) is 6.11. The number of benzene rings is 2. The van der Waals surface area contributed by atoms with Gasteiger partial charge in [0.1, 0.15) is 11.6 Å². The van der Waals surface area contributed by atoms with E-state index < -0.39 is 24.2 Å². The van der Waals surface area contributed by atoms with Gasteiger partial charge in [-0.1, -0.05) is 0 Å². The molecule has 0 aliphatic carbocycles. The molecule has 0 heterocycles. The van der Waals surface area contributed by atoms with Crippen LogP contribution in [0.25, 0.3) is 0 Å². The van der Waals surface area contributed by atoms with Crippen LogP contribution >= 0.6 is 0 Å². The molecule has 8 heteroatoms. The van der Waals surface area contributed by atoms with Crippen LogP contribution in [0.2, 0.25) is 0 Å². The summed E-state index contributed by atoms with van der Waals surface area (Å²) in [4.78, 5) is 35.5. The van der Waals surface area contributed by atoms with Crippen LogP contribution in [-0.4, -0.2) is 38.0 Å². The molecule has 7 nitrogen and oxygen atoms in total. The predicted molar refractivity (Wildman–Crippen MR) is 104 cm³/mol. The Labute approximate surface area is 167 Å². The fourth-order valence-electron chi connectivity index (χ4n) is 2.54. The first-order valence-corrected chi connectivity index (χ1v) is 8.87. The molecule has 0 fully saturated rings. The van der Waals surface area contributed by atoms with Crippen LogP contribution in [0.15, 0.2) is 36.4 Å². The molecule has 2 aromatic carbocycles. The quantitative estimate of drug-likeness (QED) is 0.510. The standard InChI is InChI=1S/C21H22FNO6/c1-4-28-11-15-9-14(5-8-20(15)27-3)21(26)29-12-19(25)17-7-6-16(10-18(17)22)23-13(2)24/h5-10H,4,11-12H2,1-3H3,(H,23,24). The lowest BCUT2D eigenvalue weighted by molar-refractivity contribution is -0.114. The molecule has 2 rings (SSSR count). The fraction of sp³-hybridized carbons (Fsp3) is 0.286. The van der Waals surface area contributed by atoms with Crippen molar-refractivity contribution in [2.75, 3.05) is 25.6 Å². The number of Topliss-reactive ketones (excluding diaryl/α,β-unsaturated/α-hetero) is 1. The van der Waals surface area contributed by atoms with Crippen molar-refractivity contribution in [3.8, 4) is 5.75 Å². The number of hydrogen-bond donors (Lipinski definition) is 1. The largest absolute Gasteiger partial charge is 0.496 e. The SMILES string of the molecule is CCOCc1cc(C(=O)OCC(=O)c2ccc(NC(C)=O)cc2F)ccc1OC. The van der Waals surface area contributed by atoms with Crippen LogP contribution in [0.5, 0.6) is 5.75 Å². The summed E-state index contributed by atoms with van der Waals surface area (Å²) in [6, 6.07) is 8.31. The molecule has 0 radical (unpaired) electrons. The predicted octanol–water partition coefficient (Wildman–Crippen LogP) is 3.37. The maximum atomic E-state index is 14.1. The highest BCUT2D eigenvalue weighted by Gasteiger charge is 2.17. The van der Waals surface area contributed by atoms with E-state index in [1.54, 1.807) is 12.1 Å². The molecule has 0 aliphatic rings. The summed E-state index contributed by atoms with van der Waals surface area (Å²) < 4.78 is 29.7. The summed E-state index contributed by atoms with van der Waals surface area (Å²) in [7, 11) is 1.51. The Balaban J connectivity index is 2.05. The number of amides is 1. The van der Waals surface area contributed by atoms with Gasteiger partial charge in [-0.2, -0.15) is 0 Å². The molecule has 0 spiro atoms. The van der Waals surface area contributed by atoms with E-state index in [2.05, 4.69) is 5.32 Å². The Hall–Kier alpha value is -3.26. The highest BCUT2D eigenvalue weighted by molar-refractivity contribution is 6.00. The van der Waals surface area contributed by atoms with E-state index in [0.29, 0.717) is 17.9 Å². The lowest BCUT2D eigenvalue weighted by atomic mass is 10.1. The van der Waals surface area contributed by atoms with Gasteiger partial charge in [0, 0.05) is 24.8 Å². The van der Waals surface area contributed by atoms with E-state index in [9.17, 15) is 18.8 Å². The lowest BCUT2D eigenvalue weighted by Crippen LogP contribution is -2.16. The minimum Gasteiger partial charge on any atom is -0.496 e. The molecule has 0 bridgehead atoms. The Morgan fingerprint density at radius 3 is 2.48 bits per heavy atom. The number of rotatable bonds is 9. The Kier molecular flexibility index (Phi) is 7.85. The number of hydrogen-bond acceptors (Lipinski definition) is 6. The zero-order valence-corrected chi connectivity index (χ0v) is 16.4. The van der Waals surface area contributed by atoms with Crippen molar-refractivity contribution in [3.63, 3.8) is 0 Å². The summed E-state index contributed by atoms with van der Waals surface area (Å²) in [5, 5.41) is 2.42. The number of ether oxygens (including phenoxy) is 3. The van der Waals surface area contributed by atoms with Gasteiger partial charge in [-0.05, 0) is 43.3 Å². The normalized spacial score (nSPS) is 10.3. The zero-order valence-electron chi connectivity index (χ0n) is 16.4. The summed E-state index contributed by atoms with van der Waals surface area (Å²) in [5.41, 5.74) is 0.867. The Morgan fingerprint density at radius 2 is 1.86 bits per heavy atom. The lowest BCUT2D eigenvalue weighted by Gasteiger charge is -2.11. The topological polar surface area (TPSA) is 90.9 Å². The molecule has 1 amide bonds. The number of methoxy groups -OCH3 is 1. The third-order valence-electron chi connectivity index (χ3n) is 3.90. The molecule has 0 aliphatic heterocycles. The van der Waals surface area contributed by atoms with Crippen LogP contribution in [-0.2, 0) is 20.9 Å². The molecule has 0 atom stereocenters. The molecule has 29 heavy (non-hydrogen) atoms. The van der Waals surface area contributed by atoms with Crippen LogP contribution in [0.3, 0.4) is 0 Å². The molecule has 0 saturated heterocycles. The molecular formula is C21H22FNO6. The molecule has 0 unspecified atom stereocenters. The highest BCUT2D eigenvalue weighted by Crippen LogP contribution is 2.21. The first kappa shape index (κ1) is 22.0. The second-order valence-corrected chi connectivity index (χ2v) is 6.04. The first-order valence-electron chi connectivity index (χ1n) is 8.87. The third-order valence-corrected chi connectivity index (χ3v) is 3.90. The summed E-state index contributed by atoms with van der Waals surface area (Å²) in [6.45, 7) is 3.26. The van der Waals surface area contributed by atoms with E-state index in [0.717, 1.165) is 6.07 Å². The number of nitrogens with one attached hydrogen (secondary N) is 1. The smallest absolute Gasteiger partial charge is 0.338 e. The van der Waals surface area contributed by atoms with Crippen molar-refractivity contribution in [1.29, 1.82) is 0 Å². The summed E-state index contributed by atoms with van der Waals surface area (Å²) >= 11 is 0. The number of ketones is 1. The van der Waals surface area contributed by atoms with Crippen molar-refractivity contribution in [2.45, 2.75) is 20.5 Å². The highest BCUT2D eigenvalue weighted by atomic mass is 19.1. The second-order valence-electron chi connectivity index (χ2n) is 6.04. The van der Waals surface area contributed by atoms with Crippen molar-refractivity contribution in [2.24, 2.45) is 0 Å². The van der Waals surface area contributed by atoms with E-state index >= 15 is 0 Å². The van der Waals surface area contributed by atoms with Gasteiger partial charge >= 0.3 is 5.97 Å². The fourth-order valence-corrected chi connectivity index (χ4v) is 2.54. The van der Waals surface area contributed by atoms with Gasteiger partial charge in [0.2, 0.25) is 11.7 Å². The Morgan fingerprint density at radius 1 is 1.10 bits per heavy atom. The monoisotopic (exact) mass is 403 g/mol. The Bertz CT molecular complexity index is 912. The second kappa shape index (κ2) is 10.3. The van der Waals surface area contributed by atoms with Gasteiger partial charge in [0.15, 0.2) is 6.61 Å². The van der Waals surface area contributed by atoms with E-state index in [1.165, 1.54) is 32.2 Å². The van der Waals surface area contributed by atoms with Crippen LogP contribution in [0.1, 0.15) is 40.1 Å². The summed E-state index contributed by atoms with van der Waals surface area (Å²) in [5.74, 6) is -2.05. The van der Waals surface area contributed by atoms with Crippen molar-refractivity contribution < 1.29 is 33.0 Å². The van der Waals surface area contributed by atoms with Crippen molar-refractivity contribution >= 4 is 23.3 Å². The molecule has 154 valence electrons. The number of halogens is 1. The number of esters is 1. The van der Waals surface area contributed by atoms with Crippen molar-refractivity contribution in [1.82, 2.24) is 0 Å². The molecule has 2 aromatic rings. The van der Waals surface area contributed by atoms with Gasteiger partial charge < -0.3 is 19.5 Å². The van der Waals surface area contributed by atoms with E-state index in [-0.39, 0.29) is 29.3 Å². The zero-order chi connectivity index (χ0) is 21.4. The number of carbonyl (C=O) groups is 3. The maximum absolute atomic E-state index is 14.1. The summed E-state index contributed by atoms with van der Waals surface area (Å²) in [6.07, 6.45) is 0. The van der Waals surface area contributed by atoms with E-state index in [4.69, 9.17) is 14.2 Å². The van der Waals surface area contributed by atoms with Gasteiger partial charge in [-0.3, -0.25) is 9.59 Å². The van der Waals surface area contributed by atoms with Gasteiger partial charge in [-0.15, -0.1) is 0 Å².